The van der Waals surface area contributed by atoms with Gasteiger partial charge in [0.25, 0.3) is 0 Å². The number of hydrogen-bond donors (Lipinski definition) is 1. The van der Waals surface area contributed by atoms with E-state index in [1.807, 2.05) is 50.2 Å². The zero-order valence-electron chi connectivity index (χ0n) is 20.2. The molecule has 33 heavy (non-hydrogen) atoms. The molecule has 1 unspecified atom stereocenters. The summed E-state index contributed by atoms with van der Waals surface area (Å²) < 4.78 is 10.9. The molecule has 2 aromatic carbocycles. The van der Waals surface area contributed by atoms with Crippen molar-refractivity contribution in [3.8, 4) is 5.75 Å². The van der Waals surface area contributed by atoms with E-state index in [2.05, 4.69) is 30.1 Å². The van der Waals surface area contributed by atoms with E-state index in [4.69, 9.17) is 9.15 Å². The molecule has 0 spiro atoms. The number of hydrogen-bond acceptors (Lipinski definition) is 5. The fraction of sp³-hybridized carbons (Fsp3) is 0.407. The number of nitrogens with zero attached hydrogens (tertiary/aromatic N) is 1. The third-order valence-corrected chi connectivity index (χ3v) is 6.27. The second kappa shape index (κ2) is 11.1. The van der Waals surface area contributed by atoms with Crippen molar-refractivity contribution in [2.45, 2.75) is 46.6 Å². The zero-order valence-corrected chi connectivity index (χ0v) is 20.2. The molecule has 6 heteroatoms. The van der Waals surface area contributed by atoms with Crippen molar-refractivity contribution in [1.82, 2.24) is 10.2 Å². The molecule has 0 saturated carbocycles. The molecule has 1 heterocycles. The minimum atomic E-state index is -0.365. The molecule has 3 rings (SSSR count). The van der Waals surface area contributed by atoms with E-state index in [1.54, 1.807) is 7.11 Å². The smallest absolute Gasteiger partial charge is 0.339 e. The van der Waals surface area contributed by atoms with E-state index in [0.717, 1.165) is 40.9 Å². The summed E-state index contributed by atoms with van der Waals surface area (Å²) in [5.74, 6) is 0.711. The Morgan fingerprint density at radius 1 is 1.12 bits per heavy atom. The lowest BCUT2D eigenvalue weighted by Gasteiger charge is -2.30. The minimum Gasteiger partial charge on any atom is -0.497 e. The maximum absolute atomic E-state index is 12.7. The van der Waals surface area contributed by atoms with E-state index in [0.29, 0.717) is 24.1 Å². The van der Waals surface area contributed by atoms with Gasteiger partial charge in [-0.2, -0.15) is 0 Å². The third kappa shape index (κ3) is 5.82. The van der Waals surface area contributed by atoms with Gasteiger partial charge in [-0.3, -0.25) is 9.69 Å². The molecule has 1 amide bonds. The maximum atomic E-state index is 12.7. The number of ether oxygens (including phenoxy) is 1. The Morgan fingerprint density at radius 2 is 1.88 bits per heavy atom. The van der Waals surface area contributed by atoms with Crippen LogP contribution in [0.25, 0.3) is 11.0 Å². The second-order valence-electron chi connectivity index (χ2n) is 8.31. The van der Waals surface area contributed by atoms with E-state index in [1.165, 1.54) is 0 Å². The number of amides is 1. The average molecular weight is 451 g/mol. The molecule has 0 saturated heterocycles. The van der Waals surface area contributed by atoms with Crippen LogP contribution in [0, 0.1) is 13.8 Å². The van der Waals surface area contributed by atoms with Crippen LogP contribution in [0.1, 0.15) is 48.6 Å². The van der Waals surface area contributed by atoms with Gasteiger partial charge >= 0.3 is 5.63 Å². The predicted octanol–water partition coefficient (Wildman–Crippen LogP) is 4.55. The van der Waals surface area contributed by atoms with Crippen molar-refractivity contribution < 1.29 is 13.9 Å². The highest BCUT2D eigenvalue weighted by Gasteiger charge is 2.20. The van der Waals surface area contributed by atoms with E-state index >= 15 is 0 Å². The molecule has 0 bridgehead atoms. The van der Waals surface area contributed by atoms with Crippen molar-refractivity contribution in [2.24, 2.45) is 0 Å². The van der Waals surface area contributed by atoms with Crippen molar-refractivity contribution in [1.29, 1.82) is 0 Å². The quantitative estimate of drug-likeness (QED) is 0.459. The Kier molecular flexibility index (Phi) is 8.28. The number of carbonyl (C=O) groups is 1. The number of fused-ring (bicyclic) bond motifs is 1. The van der Waals surface area contributed by atoms with Crippen molar-refractivity contribution >= 4 is 16.9 Å². The zero-order chi connectivity index (χ0) is 24.0. The van der Waals surface area contributed by atoms with Gasteiger partial charge < -0.3 is 14.5 Å². The van der Waals surface area contributed by atoms with Gasteiger partial charge in [-0.25, -0.2) is 4.79 Å². The number of benzene rings is 2. The van der Waals surface area contributed by atoms with Crippen LogP contribution < -0.4 is 15.7 Å². The Labute approximate surface area is 195 Å². The predicted molar refractivity (Wildman–Crippen MR) is 132 cm³/mol. The van der Waals surface area contributed by atoms with Crippen molar-refractivity contribution in [2.75, 3.05) is 26.7 Å². The first-order valence-electron chi connectivity index (χ1n) is 11.6. The summed E-state index contributed by atoms with van der Waals surface area (Å²) in [5, 5.41) is 3.98. The Bertz CT molecular complexity index is 1160. The highest BCUT2D eigenvalue weighted by molar-refractivity contribution is 5.82. The molecule has 0 aliphatic carbocycles. The summed E-state index contributed by atoms with van der Waals surface area (Å²) in [6.07, 6.45) is 0.574. The largest absolute Gasteiger partial charge is 0.497 e. The Morgan fingerprint density at radius 3 is 2.58 bits per heavy atom. The van der Waals surface area contributed by atoms with Gasteiger partial charge in [0.05, 0.1) is 13.2 Å². The Hall–Kier alpha value is -3.12. The van der Waals surface area contributed by atoms with Crippen LogP contribution in [-0.4, -0.2) is 37.6 Å². The van der Waals surface area contributed by atoms with E-state index in [-0.39, 0.29) is 24.0 Å². The van der Waals surface area contributed by atoms with Gasteiger partial charge in [0.15, 0.2) is 0 Å². The number of rotatable bonds is 10. The van der Waals surface area contributed by atoms with E-state index in [9.17, 15) is 9.59 Å². The number of methoxy groups -OCH3 is 1. The highest BCUT2D eigenvalue weighted by atomic mass is 16.5. The summed E-state index contributed by atoms with van der Waals surface area (Å²) in [4.78, 5) is 27.6. The molecule has 1 atom stereocenters. The molecule has 0 fully saturated rings. The van der Waals surface area contributed by atoms with Crippen LogP contribution in [0.15, 0.2) is 51.7 Å². The first kappa shape index (κ1) is 24.5. The van der Waals surface area contributed by atoms with Crippen LogP contribution in [0.2, 0.25) is 0 Å². The molecule has 0 aliphatic rings. The number of aryl methyl sites for hydroxylation is 2. The molecule has 176 valence electrons. The first-order valence-corrected chi connectivity index (χ1v) is 11.6. The molecular weight excluding hydrogens is 416 g/mol. The second-order valence-corrected chi connectivity index (χ2v) is 8.31. The van der Waals surface area contributed by atoms with Crippen LogP contribution >= 0.6 is 0 Å². The molecule has 0 aliphatic heterocycles. The van der Waals surface area contributed by atoms with Gasteiger partial charge in [-0.05, 0) is 68.2 Å². The average Bonchev–Trinajstić information content (AvgIpc) is 2.81. The van der Waals surface area contributed by atoms with Crippen LogP contribution in [0.5, 0.6) is 5.75 Å². The molecule has 3 aromatic rings. The lowest BCUT2D eigenvalue weighted by atomic mass is 10.0. The Balaban J connectivity index is 1.70. The number of likely N-dealkylation sites (N-methyl/N-ethyl adjacent to an activating group) is 1. The lowest BCUT2D eigenvalue weighted by Crippen LogP contribution is -2.38. The van der Waals surface area contributed by atoms with Crippen LogP contribution in [0.4, 0.5) is 0 Å². The number of nitrogens with one attached hydrogen (secondary N) is 1. The van der Waals surface area contributed by atoms with Gasteiger partial charge in [0, 0.05) is 23.9 Å². The van der Waals surface area contributed by atoms with Crippen LogP contribution in [0.3, 0.4) is 0 Å². The SMILES string of the molecule is CCN(CC)C(CNC(=O)CCc1c(C)c2ccc(C)cc2oc1=O)c1cccc(OC)c1. The van der Waals surface area contributed by atoms with Crippen LogP contribution in [-0.2, 0) is 11.2 Å². The summed E-state index contributed by atoms with van der Waals surface area (Å²) >= 11 is 0. The molecule has 1 N–H and O–H groups in total. The highest BCUT2D eigenvalue weighted by Crippen LogP contribution is 2.24. The topological polar surface area (TPSA) is 71.8 Å². The summed E-state index contributed by atoms with van der Waals surface area (Å²) in [7, 11) is 1.65. The maximum Gasteiger partial charge on any atom is 0.339 e. The van der Waals surface area contributed by atoms with Crippen molar-refractivity contribution in [3.05, 3.63) is 75.1 Å². The number of carbonyl (C=O) groups excluding carboxylic acids is 1. The molecule has 0 radical (unpaired) electrons. The fourth-order valence-electron chi connectivity index (χ4n) is 4.30. The molecular formula is C27H34N2O4. The lowest BCUT2D eigenvalue weighted by molar-refractivity contribution is -0.121. The van der Waals surface area contributed by atoms with Gasteiger partial charge in [0.2, 0.25) is 5.91 Å². The third-order valence-electron chi connectivity index (χ3n) is 6.27. The van der Waals surface area contributed by atoms with Crippen molar-refractivity contribution in [3.63, 3.8) is 0 Å². The van der Waals surface area contributed by atoms with Gasteiger partial charge in [0.1, 0.15) is 11.3 Å². The summed E-state index contributed by atoms with van der Waals surface area (Å²) in [6, 6.07) is 13.8. The molecule has 6 nitrogen and oxygen atoms in total. The summed E-state index contributed by atoms with van der Waals surface area (Å²) in [5.41, 5.74) is 3.80. The standard InChI is InChI=1S/C27H34N2O4/c1-6-29(7-2)24(20-9-8-10-21(16-20)32-5)17-28-26(30)14-13-23-19(4)22-12-11-18(3)15-25(22)33-27(23)31/h8-12,15-16,24H,6-7,13-14,17H2,1-5H3,(H,28,30). The van der Waals surface area contributed by atoms with Gasteiger partial charge in [-0.15, -0.1) is 0 Å². The molecule has 1 aromatic heterocycles. The minimum absolute atomic E-state index is 0.0368. The fourth-order valence-corrected chi connectivity index (χ4v) is 4.30. The first-order chi connectivity index (χ1) is 15.9. The van der Waals surface area contributed by atoms with Gasteiger partial charge in [-0.1, -0.05) is 38.1 Å². The monoisotopic (exact) mass is 450 g/mol. The summed E-state index contributed by atoms with van der Waals surface area (Å²) in [6.45, 7) is 10.3. The van der Waals surface area contributed by atoms with E-state index < -0.39 is 0 Å². The normalized spacial score (nSPS) is 12.2.